The van der Waals surface area contributed by atoms with Crippen LogP contribution < -0.4 is 16.0 Å². The molecule has 1 aliphatic carbocycles. The van der Waals surface area contributed by atoms with E-state index in [0.29, 0.717) is 6.42 Å². The van der Waals surface area contributed by atoms with Gasteiger partial charge in [0.25, 0.3) is 0 Å². The van der Waals surface area contributed by atoms with Gasteiger partial charge >= 0.3 is 6.09 Å². The summed E-state index contributed by atoms with van der Waals surface area (Å²) in [5.41, 5.74) is 4.63. The second-order valence-corrected chi connectivity index (χ2v) is 8.88. The predicted octanol–water partition coefficient (Wildman–Crippen LogP) is 3.62. The normalized spacial score (nSPS) is 14.0. The van der Waals surface area contributed by atoms with Crippen LogP contribution >= 0.6 is 0 Å². The van der Waals surface area contributed by atoms with Gasteiger partial charge in [0, 0.05) is 12.5 Å². The van der Waals surface area contributed by atoms with Gasteiger partial charge in [0.05, 0.1) is 12.0 Å². The van der Waals surface area contributed by atoms with Gasteiger partial charge in [0.2, 0.25) is 5.91 Å². The van der Waals surface area contributed by atoms with Gasteiger partial charge in [-0.3, -0.25) is 9.59 Å². The van der Waals surface area contributed by atoms with Gasteiger partial charge in [-0.2, -0.15) is 0 Å². The van der Waals surface area contributed by atoms with Crippen molar-refractivity contribution in [2.75, 3.05) is 26.7 Å². The number of amides is 2. The van der Waals surface area contributed by atoms with E-state index in [9.17, 15) is 14.4 Å². The lowest BCUT2D eigenvalue weighted by atomic mass is 9.98. The van der Waals surface area contributed by atoms with Crippen LogP contribution in [0.2, 0.25) is 0 Å². The van der Waals surface area contributed by atoms with Crippen LogP contribution in [-0.2, 0) is 14.3 Å². The standard InChI is InChI=1S/C27H35N3O4/c1-18(26(32)30-25(19(2)31)14-8-9-15-28-3)16-29-27(33)34-17-24-22-12-6-4-10-20(22)21-11-5-7-13-23(21)24/h4-7,10-13,18,24-25,28H,8-9,14-17H2,1-3H3,(H,29,33)(H,30,32)/t18?,25-/m1/s1. The first-order chi connectivity index (χ1) is 16.4. The summed E-state index contributed by atoms with van der Waals surface area (Å²) in [6.45, 7) is 4.44. The van der Waals surface area contributed by atoms with Gasteiger partial charge in [-0.05, 0) is 62.0 Å². The molecule has 3 N–H and O–H groups in total. The topological polar surface area (TPSA) is 96.5 Å². The van der Waals surface area contributed by atoms with Gasteiger partial charge in [-0.15, -0.1) is 0 Å². The Kier molecular flexibility index (Phi) is 9.22. The highest BCUT2D eigenvalue weighted by Crippen LogP contribution is 2.44. The molecule has 2 aromatic rings. The first-order valence-electron chi connectivity index (χ1n) is 12.0. The first-order valence-corrected chi connectivity index (χ1v) is 12.0. The third-order valence-electron chi connectivity index (χ3n) is 6.32. The maximum atomic E-state index is 12.5. The van der Waals surface area contributed by atoms with E-state index in [1.807, 2.05) is 31.3 Å². The van der Waals surface area contributed by atoms with E-state index < -0.39 is 18.1 Å². The van der Waals surface area contributed by atoms with Crippen LogP contribution in [0.3, 0.4) is 0 Å². The first kappa shape index (κ1) is 25.4. The number of benzene rings is 2. The molecule has 0 aromatic heterocycles. The lowest BCUT2D eigenvalue weighted by Gasteiger charge is -2.19. The monoisotopic (exact) mass is 465 g/mol. The number of nitrogens with one attached hydrogen (secondary N) is 3. The molecule has 0 radical (unpaired) electrons. The molecule has 1 aliphatic rings. The quantitative estimate of drug-likeness (QED) is 0.416. The van der Waals surface area contributed by atoms with Gasteiger partial charge in [-0.25, -0.2) is 4.79 Å². The van der Waals surface area contributed by atoms with Crippen molar-refractivity contribution < 1.29 is 19.1 Å². The number of ketones is 1. The fourth-order valence-corrected chi connectivity index (χ4v) is 4.32. The average molecular weight is 466 g/mol. The van der Waals surface area contributed by atoms with E-state index in [2.05, 4.69) is 40.2 Å². The molecular weight excluding hydrogens is 430 g/mol. The maximum Gasteiger partial charge on any atom is 0.407 e. The second-order valence-electron chi connectivity index (χ2n) is 8.88. The summed E-state index contributed by atoms with van der Waals surface area (Å²) >= 11 is 0. The average Bonchev–Trinajstić information content (AvgIpc) is 3.16. The molecule has 1 unspecified atom stereocenters. The number of alkyl carbamates (subject to hydrolysis) is 1. The molecule has 2 atom stereocenters. The number of unbranched alkanes of at least 4 members (excludes halogenated alkanes) is 1. The van der Waals surface area contributed by atoms with Crippen molar-refractivity contribution in [3.8, 4) is 11.1 Å². The summed E-state index contributed by atoms with van der Waals surface area (Å²) in [5.74, 6) is -0.819. The zero-order valence-corrected chi connectivity index (χ0v) is 20.2. The number of hydrogen-bond donors (Lipinski definition) is 3. The molecule has 7 heteroatoms. The molecule has 0 saturated heterocycles. The molecule has 182 valence electrons. The zero-order chi connectivity index (χ0) is 24.5. The van der Waals surface area contributed by atoms with E-state index in [1.165, 1.54) is 18.1 Å². The van der Waals surface area contributed by atoms with Crippen molar-refractivity contribution in [2.24, 2.45) is 5.92 Å². The molecule has 0 fully saturated rings. The number of rotatable bonds is 12. The maximum absolute atomic E-state index is 12.5. The lowest BCUT2D eigenvalue weighted by Crippen LogP contribution is -2.45. The Morgan fingerprint density at radius 2 is 1.59 bits per heavy atom. The Balaban J connectivity index is 1.47. The summed E-state index contributed by atoms with van der Waals surface area (Å²) in [6.07, 6.45) is 1.83. The van der Waals surface area contributed by atoms with Crippen LogP contribution in [0.5, 0.6) is 0 Å². The summed E-state index contributed by atoms with van der Waals surface area (Å²) in [7, 11) is 1.88. The second kappa shape index (κ2) is 12.3. The number of carbonyl (C=O) groups excluding carboxylic acids is 3. The van der Waals surface area contributed by atoms with Crippen LogP contribution in [0.15, 0.2) is 48.5 Å². The molecule has 7 nitrogen and oxygen atoms in total. The van der Waals surface area contributed by atoms with E-state index in [4.69, 9.17) is 4.74 Å². The van der Waals surface area contributed by atoms with Crippen LogP contribution in [-0.4, -0.2) is 50.6 Å². The smallest absolute Gasteiger partial charge is 0.407 e. The summed E-state index contributed by atoms with van der Waals surface area (Å²) < 4.78 is 5.52. The van der Waals surface area contributed by atoms with E-state index in [1.54, 1.807) is 6.92 Å². The highest BCUT2D eigenvalue weighted by atomic mass is 16.5. The molecule has 34 heavy (non-hydrogen) atoms. The molecule has 0 spiro atoms. The Hall–Kier alpha value is -3.19. The van der Waals surface area contributed by atoms with Crippen molar-refractivity contribution >= 4 is 17.8 Å². The third kappa shape index (κ3) is 6.44. The summed E-state index contributed by atoms with van der Waals surface area (Å²) in [5, 5.41) is 8.57. The Morgan fingerprint density at radius 3 is 2.18 bits per heavy atom. The number of fused-ring (bicyclic) bond motifs is 3. The Morgan fingerprint density at radius 1 is 0.971 bits per heavy atom. The minimum atomic E-state index is -0.559. The van der Waals surface area contributed by atoms with Crippen LogP contribution in [0.4, 0.5) is 4.79 Å². The van der Waals surface area contributed by atoms with Crippen LogP contribution in [0.25, 0.3) is 11.1 Å². The number of hydrogen-bond acceptors (Lipinski definition) is 5. The van der Waals surface area contributed by atoms with Crippen molar-refractivity contribution in [3.05, 3.63) is 59.7 Å². The Bertz CT molecular complexity index is 961. The van der Waals surface area contributed by atoms with Crippen molar-refractivity contribution in [1.82, 2.24) is 16.0 Å². The van der Waals surface area contributed by atoms with E-state index in [-0.39, 0.29) is 30.8 Å². The van der Waals surface area contributed by atoms with Crippen LogP contribution in [0, 0.1) is 5.92 Å². The largest absolute Gasteiger partial charge is 0.449 e. The van der Waals surface area contributed by atoms with Gasteiger partial charge in [-0.1, -0.05) is 55.5 Å². The van der Waals surface area contributed by atoms with Gasteiger partial charge < -0.3 is 20.7 Å². The third-order valence-corrected chi connectivity index (χ3v) is 6.32. The summed E-state index contributed by atoms with van der Waals surface area (Å²) in [6, 6.07) is 15.8. The molecule has 3 rings (SSSR count). The fourth-order valence-electron chi connectivity index (χ4n) is 4.32. The molecule has 0 saturated carbocycles. The van der Waals surface area contributed by atoms with Crippen molar-refractivity contribution in [3.63, 3.8) is 0 Å². The minimum Gasteiger partial charge on any atom is -0.449 e. The lowest BCUT2D eigenvalue weighted by molar-refractivity contribution is -0.129. The SMILES string of the molecule is CNCCCC[C@@H](NC(=O)C(C)CNC(=O)OCC1c2ccccc2-c2ccccc21)C(C)=O. The van der Waals surface area contributed by atoms with Crippen LogP contribution in [0.1, 0.15) is 50.2 Å². The molecular formula is C27H35N3O4. The highest BCUT2D eigenvalue weighted by Gasteiger charge is 2.29. The number of carbonyl (C=O) groups is 3. The van der Waals surface area contributed by atoms with Gasteiger partial charge in [0.1, 0.15) is 6.61 Å². The number of ether oxygens (including phenoxy) is 1. The Labute approximate surface area is 201 Å². The predicted molar refractivity (Wildman–Crippen MR) is 133 cm³/mol. The number of Topliss-reactive ketones (excluding diaryl/α,β-unsaturated/α-hetero) is 1. The molecule has 2 amide bonds. The van der Waals surface area contributed by atoms with E-state index in [0.717, 1.165) is 30.5 Å². The molecule has 0 heterocycles. The minimum absolute atomic E-state index is 0.0156. The molecule has 2 aromatic carbocycles. The fraction of sp³-hybridized carbons (Fsp3) is 0.444. The van der Waals surface area contributed by atoms with Gasteiger partial charge in [0.15, 0.2) is 5.78 Å². The van der Waals surface area contributed by atoms with Crippen molar-refractivity contribution in [2.45, 2.75) is 45.1 Å². The zero-order valence-electron chi connectivity index (χ0n) is 20.2. The highest BCUT2D eigenvalue weighted by molar-refractivity contribution is 5.88. The molecule has 0 aliphatic heterocycles. The molecule has 0 bridgehead atoms. The van der Waals surface area contributed by atoms with E-state index >= 15 is 0 Å². The summed E-state index contributed by atoms with van der Waals surface area (Å²) in [4.78, 5) is 36.8. The van der Waals surface area contributed by atoms with Crippen molar-refractivity contribution in [1.29, 1.82) is 0 Å².